The summed E-state index contributed by atoms with van der Waals surface area (Å²) in [5, 5.41) is 2.78. The zero-order valence-electron chi connectivity index (χ0n) is 17.8. The monoisotopic (exact) mass is 476 g/mol. The van der Waals surface area contributed by atoms with Gasteiger partial charge in [0.05, 0.1) is 22.2 Å². The number of carbonyl (C=O) groups is 1. The number of amides is 1. The maximum Gasteiger partial charge on any atom is 0.416 e. The van der Waals surface area contributed by atoms with E-state index in [2.05, 4.69) is 5.32 Å². The average molecular weight is 477 g/mol. The third-order valence-corrected chi connectivity index (χ3v) is 6.81. The minimum absolute atomic E-state index is 0.134. The van der Waals surface area contributed by atoms with Crippen molar-refractivity contribution < 1.29 is 26.4 Å². The first-order chi connectivity index (χ1) is 15.6. The van der Waals surface area contributed by atoms with E-state index in [0.717, 1.165) is 23.8 Å². The van der Waals surface area contributed by atoms with Crippen LogP contribution in [0.1, 0.15) is 30.5 Å². The highest BCUT2D eigenvalue weighted by Gasteiger charge is 2.33. The number of alkyl halides is 3. The highest BCUT2D eigenvalue weighted by molar-refractivity contribution is 7.92. The van der Waals surface area contributed by atoms with Crippen molar-refractivity contribution in [1.82, 2.24) is 5.32 Å². The number of nitrogens with zero attached hydrogens (tertiary/aromatic N) is 1. The molecule has 0 unspecified atom stereocenters. The molecule has 1 atom stereocenters. The van der Waals surface area contributed by atoms with Crippen molar-refractivity contribution in [3.05, 3.63) is 96.1 Å². The van der Waals surface area contributed by atoms with Crippen LogP contribution in [0.15, 0.2) is 89.8 Å². The Kier molecular flexibility index (Phi) is 7.43. The van der Waals surface area contributed by atoms with Gasteiger partial charge in [0.1, 0.15) is 6.54 Å². The van der Waals surface area contributed by atoms with Gasteiger partial charge in [-0.2, -0.15) is 13.2 Å². The van der Waals surface area contributed by atoms with Crippen LogP contribution < -0.4 is 9.62 Å². The third kappa shape index (κ3) is 5.92. The lowest BCUT2D eigenvalue weighted by molar-refractivity contribution is -0.137. The zero-order chi connectivity index (χ0) is 24.1. The highest BCUT2D eigenvalue weighted by Crippen LogP contribution is 2.33. The van der Waals surface area contributed by atoms with E-state index in [4.69, 9.17) is 0 Å². The van der Waals surface area contributed by atoms with E-state index in [0.29, 0.717) is 10.7 Å². The van der Waals surface area contributed by atoms with Crippen LogP contribution >= 0.6 is 0 Å². The van der Waals surface area contributed by atoms with E-state index >= 15 is 0 Å². The molecule has 0 aliphatic carbocycles. The topological polar surface area (TPSA) is 66.5 Å². The van der Waals surface area contributed by atoms with Crippen molar-refractivity contribution >= 4 is 21.6 Å². The number of nitrogens with one attached hydrogen (secondary N) is 1. The molecule has 0 fully saturated rings. The number of anilines is 1. The Morgan fingerprint density at radius 3 is 2.12 bits per heavy atom. The van der Waals surface area contributed by atoms with Gasteiger partial charge in [0, 0.05) is 0 Å². The van der Waals surface area contributed by atoms with E-state index in [1.165, 1.54) is 30.3 Å². The van der Waals surface area contributed by atoms with Crippen molar-refractivity contribution in [2.45, 2.75) is 30.5 Å². The molecule has 0 spiro atoms. The van der Waals surface area contributed by atoms with Crippen molar-refractivity contribution in [3.8, 4) is 0 Å². The largest absolute Gasteiger partial charge is 0.416 e. The molecule has 0 aliphatic heterocycles. The van der Waals surface area contributed by atoms with Gasteiger partial charge < -0.3 is 5.32 Å². The second kappa shape index (κ2) is 10.1. The van der Waals surface area contributed by atoms with Crippen LogP contribution in [0.25, 0.3) is 0 Å². The molecular formula is C24H23F3N2O3S. The number of carbonyl (C=O) groups excluding carboxylic acids is 1. The molecule has 0 radical (unpaired) electrons. The molecule has 0 heterocycles. The van der Waals surface area contributed by atoms with Gasteiger partial charge in [0.15, 0.2) is 0 Å². The van der Waals surface area contributed by atoms with Crippen molar-refractivity contribution in [2.24, 2.45) is 0 Å². The Morgan fingerprint density at radius 2 is 1.55 bits per heavy atom. The number of halogens is 3. The average Bonchev–Trinajstić information content (AvgIpc) is 2.81. The molecule has 0 aliphatic rings. The third-order valence-electron chi connectivity index (χ3n) is 5.03. The lowest BCUT2D eigenvalue weighted by atomic mass is 10.0. The van der Waals surface area contributed by atoms with Gasteiger partial charge in [-0.25, -0.2) is 8.42 Å². The van der Waals surface area contributed by atoms with Crippen LogP contribution in [0, 0.1) is 0 Å². The van der Waals surface area contributed by atoms with E-state index in [9.17, 15) is 26.4 Å². The Labute approximate surface area is 190 Å². The molecule has 0 aromatic heterocycles. The van der Waals surface area contributed by atoms with E-state index in [1.807, 2.05) is 37.3 Å². The number of hydrogen-bond donors (Lipinski definition) is 1. The van der Waals surface area contributed by atoms with Gasteiger partial charge in [0.25, 0.3) is 10.0 Å². The molecule has 5 nitrogen and oxygen atoms in total. The smallest absolute Gasteiger partial charge is 0.348 e. The summed E-state index contributed by atoms with van der Waals surface area (Å²) in [6.45, 7) is 1.19. The summed E-state index contributed by atoms with van der Waals surface area (Å²) in [7, 11) is -4.31. The molecule has 3 rings (SSSR count). The predicted molar refractivity (Wildman–Crippen MR) is 120 cm³/mol. The number of hydrogen-bond acceptors (Lipinski definition) is 3. The normalized spacial score (nSPS) is 12.7. The summed E-state index contributed by atoms with van der Waals surface area (Å²) in [5.74, 6) is -0.636. The van der Waals surface area contributed by atoms with Crippen LogP contribution in [-0.4, -0.2) is 20.9 Å². The first-order valence-electron chi connectivity index (χ1n) is 10.2. The Balaban J connectivity index is 1.97. The fraction of sp³-hybridized carbons (Fsp3) is 0.208. The van der Waals surface area contributed by atoms with Crippen LogP contribution in [0.5, 0.6) is 0 Å². The van der Waals surface area contributed by atoms with Gasteiger partial charge in [-0.3, -0.25) is 9.10 Å². The maximum atomic E-state index is 13.3. The molecule has 0 saturated heterocycles. The minimum atomic E-state index is -4.67. The number of benzene rings is 3. The zero-order valence-corrected chi connectivity index (χ0v) is 18.6. The molecule has 0 bridgehead atoms. The van der Waals surface area contributed by atoms with Crippen LogP contribution in [0.4, 0.5) is 18.9 Å². The quantitative estimate of drug-likeness (QED) is 0.488. The lowest BCUT2D eigenvalue weighted by Gasteiger charge is -2.26. The lowest BCUT2D eigenvalue weighted by Crippen LogP contribution is -2.42. The Hall–Kier alpha value is -3.33. The maximum absolute atomic E-state index is 13.3. The SMILES string of the molecule is CC[C@H](NC(=O)CN(c1cccc(C(F)(F)F)c1)S(=O)(=O)c1ccccc1)c1ccccc1. The van der Waals surface area contributed by atoms with Crippen LogP contribution in [0.3, 0.4) is 0 Å². The van der Waals surface area contributed by atoms with Gasteiger partial charge in [-0.15, -0.1) is 0 Å². The van der Waals surface area contributed by atoms with E-state index in [-0.39, 0.29) is 16.6 Å². The number of sulfonamides is 1. The van der Waals surface area contributed by atoms with Gasteiger partial charge in [-0.05, 0) is 42.3 Å². The van der Waals surface area contributed by atoms with Gasteiger partial charge in [0.2, 0.25) is 5.91 Å². The van der Waals surface area contributed by atoms with Crippen molar-refractivity contribution in [1.29, 1.82) is 0 Å². The van der Waals surface area contributed by atoms with Crippen molar-refractivity contribution in [2.75, 3.05) is 10.8 Å². The standard InChI is InChI=1S/C24H23F3N2O3S/c1-2-22(18-10-5-3-6-11-18)28-23(30)17-29(33(31,32)21-14-7-4-8-15-21)20-13-9-12-19(16-20)24(25,26)27/h3-16,22H,2,17H2,1H3,(H,28,30)/t22-/m0/s1. The minimum Gasteiger partial charge on any atom is -0.348 e. The molecule has 1 amide bonds. The first kappa shape index (κ1) is 24.3. The summed E-state index contributed by atoms with van der Waals surface area (Å²) < 4.78 is 67.2. The number of rotatable bonds is 8. The Morgan fingerprint density at radius 1 is 0.939 bits per heavy atom. The highest BCUT2D eigenvalue weighted by atomic mass is 32.2. The molecule has 3 aromatic carbocycles. The molecule has 3 aromatic rings. The van der Waals surface area contributed by atoms with Crippen molar-refractivity contribution in [3.63, 3.8) is 0 Å². The van der Waals surface area contributed by atoms with Crippen LogP contribution in [-0.2, 0) is 21.0 Å². The second-order valence-electron chi connectivity index (χ2n) is 7.31. The van der Waals surface area contributed by atoms with Gasteiger partial charge >= 0.3 is 6.18 Å². The summed E-state index contributed by atoms with van der Waals surface area (Å²) >= 11 is 0. The molecule has 1 N–H and O–H groups in total. The van der Waals surface area contributed by atoms with Gasteiger partial charge in [-0.1, -0.05) is 61.5 Å². The summed E-state index contributed by atoms with van der Waals surface area (Å²) in [5.41, 5.74) is -0.425. The summed E-state index contributed by atoms with van der Waals surface area (Å²) in [6.07, 6.45) is -4.12. The molecule has 33 heavy (non-hydrogen) atoms. The summed E-state index contributed by atoms with van der Waals surface area (Å²) in [6, 6.07) is 19.9. The fourth-order valence-electron chi connectivity index (χ4n) is 3.35. The predicted octanol–water partition coefficient (Wildman–Crippen LogP) is 5.17. The first-order valence-corrected chi connectivity index (χ1v) is 11.7. The van der Waals surface area contributed by atoms with Crippen LogP contribution in [0.2, 0.25) is 0 Å². The molecule has 174 valence electrons. The molecule has 9 heteroatoms. The molecular weight excluding hydrogens is 453 g/mol. The fourth-order valence-corrected chi connectivity index (χ4v) is 4.78. The second-order valence-corrected chi connectivity index (χ2v) is 9.17. The van der Waals surface area contributed by atoms with E-state index in [1.54, 1.807) is 6.07 Å². The summed E-state index contributed by atoms with van der Waals surface area (Å²) in [4.78, 5) is 12.8. The molecule has 0 saturated carbocycles. The van der Waals surface area contributed by atoms with E-state index < -0.39 is 34.2 Å². The Bertz CT molecular complexity index is 1180.